The highest BCUT2D eigenvalue weighted by molar-refractivity contribution is 7.88. The summed E-state index contributed by atoms with van der Waals surface area (Å²) in [4.78, 5) is 17.3. The zero-order valence-corrected chi connectivity index (χ0v) is 16.0. The Bertz CT molecular complexity index is 682. The van der Waals surface area contributed by atoms with Crippen molar-refractivity contribution in [3.8, 4) is 0 Å². The van der Waals surface area contributed by atoms with Gasteiger partial charge in [-0.2, -0.15) is 4.31 Å². The molecule has 1 aliphatic rings. The van der Waals surface area contributed by atoms with Crippen LogP contribution < -0.4 is 0 Å². The average Bonchev–Trinajstić information content (AvgIpc) is 2.92. The van der Waals surface area contributed by atoms with E-state index in [0.29, 0.717) is 39.3 Å². The summed E-state index contributed by atoms with van der Waals surface area (Å²) in [5.41, 5.74) is 0. The number of thiophene rings is 1. The highest BCUT2D eigenvalue weighted by atomic mass is 35.5. The van der Waals surface area contributed by atoms with Crippen LogP contribution in [0.5, 0.6) is 0 Å². The predicted octanol–water partition coefficient (Wildman–Crippen LogP) is 1.49. The molecule has 0 radical (unpaired) electrons. The number of rotatable bonds is 7. The number of nitrogens with zero attached hydrogens (tertiary/aromatic N) is 3. The SMILES string of the molecule is C=CCN(CC(=O)N1CCN(S(C)(=O)=O)CC1)Cc1ccc(Cl)s1. The monoisotopic (exact) mass is 391 g/mol. The number of carbonyl (C=O) groups is 1. The summed E-state index contributed by atoms with van der Waals surface area (Å²) in [6.45, 7) is 6.82. The summed E-state index contributed by atoms with van der Waals surface area (Å²) in [5, 5.41) is 0. The number of amides is 1. The van der Waals surface area contributed by atoms with Gasteiger partial charge in [-0.25, -0.2) is 8.42 Å². The van der Waals surface area contributed by atoms with E-state index in [9.17, 15) is 13.2 Å². The van der Waals surface area contributed by atoms with Crippen molar-refractivity contribution < 1.29 is 13.2 Å². The Morgan fingerprint density at radius 3 is 2.54 bits per heavy atom. The molecule has 0 saturated carbocycles. The number of sulfonamides is 1. The van der Waals surface area contributed by atoms with Crippen LogP contribution in [0.25, 0.3) is 0 Å². The van der Waals surface area contributed by atoms with Gasteiger partial charge in [0.05, 0.1) is 17.1 Å². The van der Waals surface area contributed by atoms with Gasteiger partial charge in [-0.3, -0.25) is 9.69 Å². The second-order valence-corrected chi connectivity index (χ2v) is 9.49. The van der Waals surface area contributed by atoms with Gasteiger partial charge in [0.2, 0.25) is 15.9 Å². The first-order valence-corrected chi connectivity index (χ1v) is 10.6. The van der Waals surface area contributed by atoms with Gasteiger partial charge in [-0.1, -0.05) is 17.7 Å². The topological polar surface area (TPSA) is 60.9 Å². The molecule has 0 atom stereocenters. The zero-order valence-electron chi connectivity index (χ0n) is 13.6. The van der Waals surface area contributed by atoms with Gasteiger partial charge in [-0.15, -0.1) is 17.9 Å². The molecule has 0 unspecified atom stereocenters. The minimum Gasteiger partial charge on any atom is -0.339 e. The highest BCUT2D eigenvalue weighted by Gasteiger charge is 2.26. The largest absolute Gasteiger partial charge is 0.339 e. The fourth-order valence-electron chi connectivity index (χ4n) is 2.59. The number of halogens is 1. The quantitative estimate of drug-likeness (QED) is 0.661. The fraction of sp³-hybridized carbons (Fsp3) is 0.533. The van der Waals surface area contributed by atoms with Gasteiger partial charge in [0, 0.05) is 44.1 Å². The second kappa shape index (κ2) is 8.44. The Morgan fingerprint density at radius 1 is 1.38 bits per heavy atom. The maximum absolute atomic E-state index is 12.5. The molecule has 1 fully saturated rings. The maximum Gasteiger partial charge on any atom is 0.236 e. The van der Waals surface area contributed by atoms with Crippen molar-refractivity contribution in [1.82, 2.24) is 14.1 Å². The Hall–Kier alpha value is -0.930. The van der Waals surface area contributed by atoms with E-state index in [1.165, 1.54) is 21.9 Å². The van der Waals surface area contributed by atoms with Crippen molar-refractivity contribution >= 4 is 38.9 Å². The Morgan fingerprint density at radius 2 is 2.04 bits per heavy atom. The molecule has 1 saturated heterocycles. The zero-order chi connectivity index (χ0) is 17.7. The summed E-state index contributed by atoms with van der Waals surface area (Å²) in [7, 11) is -3.18. The number of piperazine rings is 1. The Balaban J connectivity index is 1.90. The van der Waals surface area contributed by atoms with E-state index in [4.69, 9.17) is 11.6 Å². The van der Waals surface area contributed by atoms with Crippen LogP contribution in [0.2, 0.25) is 4.34 Å². The number of hydrogen-bond donors (Lipinski definition) is 0. The third-order valence-corrected chi connectivity index (χ3v) is 6.33. The van der Waals surface area contributed by atoms with Crippen molar-refractivity contribution in [2.75, 3.05) is 45.5 Å². The first-order valence-electron chi connectivity index (χ1n) is 7.60. The smallest absolute Gasteiger partial charge is 0.236 e. The lowest BCUT2D eigenvalue weighted by Crippen LogP contribution is -2.52. The molecule has 1 aromatic heterocycles. The van der Waals surface area contributed by atoms with Crippen LogP contribution in [-0.4, -0.2) is 74.0 Å². The molecule has 24 heavy (non-hydrogen) atoms. The molecular weight excluding hydrogens is 370 g/mol. The van der Waals surface area contributed by atoms with Crippen LogP contribution in [0.3, 0.4) is 0 Å². The third kappa shape index (κ3) is 5.56. The molecule has 1 aromatic rings. The van der Waals surface area contributed by atoms with Crippen LogP contribution in [-0.2, 0) is 21.4 Å². The normalized spacial score (nSPS) is 16.5. The molecule has 0 bridgehead atoms. The van der Waals surface area contributed by atoms with E-state index in [1.807, 2.05) is 17.0 Å². The molecule has 2 rings (SSSR count). The minimum atomic E-state index is -3.18. The van der Waals surface area contributed by atoms with Crippen molar-refractivity contribution in [2.45, 2.75) is 6.54 Å². The summed E-state index contributed by atoms with van der Waals surface area (Å²) in [6.07, 6.45) is 2.96. The first-order chi connectivity index (χ1) is 11.3. The Kier molecular flexibility index (Phi) is 6.82. The molecule has 1 aliphatic heterocycles. The molecule has 0 aliphatic carbocycles. The van der Waals surface area contributed by atoms with Crippen molar-refractivity contribution in [3.05, 3.63) is 34.0 Å². The standard InChI is InChI=1S/C15H22ClN3O3S2/c1-3-6-17(11-13-4-5-14(16)23-13)12-15(20)18-7-9-19(10-8-18)24(2,21)22/h3-5H,1,6-12H2,2H3. The Labute approximate surface area is 152 Å². The lowest BCUT2D eigenvalue weighted by molar-refractivity contribution is -0.133. The highest BCUT2D eigenvalue weighted by Crippen LogP contribution is 2.22. The van der Waals surface area contributed by atoms with Gasteiger partial charge in [0.25, 0.3) is 0 Å². The van der Waals surface area contributed by atoms with Crippen LogP contribution in [0, 0.1) is 0 Å². The molecule has 0 aromatic carbocycles. The van der Waals surface area contributed by atoms with E-state index in [2.05, 4.69) is 6.58 Å². The summed E-state index contributed by atoms with van der Waals surface area (Å²) in [6, 6.07) is 3.80. The number of carbonyl (C=O) groups excluding carboxylic acids is 1. The maximum atomic E-state index is 12.5. The third-order valence-electron chi connectivity index (χ3n) is 3.81. The molecule has 0 spiro atoms. The van der Waals surface area contributed by atoms with E-state index >= 15 is 0 Å². The summed E-state index contributed by atoms with van der Waals surface area (Å²) < 4.78 is 25.2. The van der Waals surface area contributed by atoms with E-state index in [0.717, 1.165) is 9.21 Å². The molecule has 9 heteroatoms. The fourth-order valence-corrected chi connectivity index (χ4v) is 4.54. The van der Waals surface area contributed by atoms with Gasteiger partial charge in [0.15, 0.2) is 0 Å². The minimum absolute atomic E-state index is 0.00709. The van der Waals surface area contributed by atoms with E-state index in [1.54, 1.807) is 11.0 Å². The molecule has 2 heterocycles. The van der Waals surface area contributed by atoms with Crippen molar-refractivity contribution in [3.63, 3.8) is 0 Å². The van der Waals surface area contributed by atoms with Crippen LogP contribution >= 0.6 is 22.9 Å². The molecular formula is C15H22ClN3O3S2. The van der Waals surface area contributed by atoms with E-state index in [-0.39, 0.29) is 12.5 Å². The first kappa shape index (κ1) is 19.4. The van der Waals surface area contributed by atoms with Gasteiger partial charge in [-0.05, 0) is 12.1 Å². The lowest BCUT2D eigenvalue weighted by atomic mass is 10.3. The van der Waals surface area contributed by atoms with Crippen LogP contribution in [0.1, 0.15) is 4.88 Å². The number of hydrogen-bond acceptors (Lipinski definition) is 5. The molecule has 0 N–H and O–H groups in total. The van der Waals surface area contributed by atoms with Gasteiger partial charge < -0.3 is 4.90 Å². The van der Waals surface area contributed by atoms with E-state index < -0.39 is 10.0 Å². The molecule has 134 valence electrons. The van der Waals surface area contributed by atoms with Crippen LogP contribution in [0.4, 0.5) is 0 Å². The van der Waals surface area contributed by atoms with Crippen LogP contribution in [0.15, 0.2) is 24.8 Å². The lowest BCUT2D eigenvalue weighted by Gasteiger charge is -2.34. The van der Waals surface area contributed by atoms with Gasteiger partial charge >= 0.3 is 0 Å². The van der Waals surface area contributed by atoms with Gasteiger partial charge in [0.1, 0.15) is 0 Å². The predicted molar refractivity (Wildman–Crippen MR) is 97.8 cm³/mol. The average molecular weight is 392 g/mol. The second-order valence-electron chi connectivity index (χ2n) is 5.71. The summed E-state index contributed by atoms with van der Waals surface area (Å²) >= 11 is 7.45. The van der Waals surface area contributed by atoms with Crippen molar-refractivity contribution in [2.24, 2.45) is 0 Å². The molecule has 1 amide bonds. The summed E-state index contributed by atoms with van der Waals surface area (Å²) in [5.74, 6) is 0.00709. The molecule has 6 nitrogen and oxygen atoms in total. The van der Waals surface area contributed by atoms with Crippen molar-refractivity contribution in [1.29, 1.82) is 0 Å².